The van der Waals surface area contributed by atoms with E-state index in [0.29, 0.717) is 0 Å². The van der Waals surface area contributed by atoms with Crippen LogP contribution in [0.1, 0.15) is 6.42 Å². The van der Waals surface area contributed by atoms with Crippen molar-refractivity contribution in [3.05, 3.63) is 41.6 Å². The Morgan fingerprint density at radius 2 is 1.67 bits per heavy atom. The maximum atomic E-state index is 12.6. The van der Waals surface area contributed by atoms with Gasteiger partial charge in [-0.25, -0.2) is 4.90 Å². The van der Waals surface area contributed by atoms with Gasteiger partial charge in [0.1, 0.15) is 0 Å². The molecule has 4 atom stereocenters. The lowest BCUT2D eigenvalue weighted by Crippen LogP contribution is -2.34. The summed E-state index contributed by atoms with van der Waals surface area (Å²) in [6, 6.07) is 6.08. The predicted octanol–water partition coefficient (Wildman–Crippen LogP) is 1.69. The van der Waals surface area contributed by atoms with Crippen molar-refractivity contribution in [3.63, 3.8) is 0 Å². The first-order valence-electron chi connectivity index (χ1n) is 6.91. The van der Waals surface area contributed by atoms with Crippen molar-refractivity contribution in [2.45, 2.75) is 6.42 Å². The van der Waals surface area contributed by atoms with Crippen LogP contribution >= 0.6 is 0 Å². The number of imide groups is 1. The first-order chi connectivity index (χ1) is 10.1. The van der Waals surface area contributed by atoms with E-state index >= 15 is 0 Å². The topological polar surface area (TPSA) is 83.9 Å². The highest BCUT2D eigenvalue weighted by Gasteiger charge is 2.59. The number of para-hydroxylation sites is 2. The van der Waals surface area contributed by atoms with Crippen molar-refractivity contribution >= 4 is 23.2 Å². The van der Waals surface area contributed by atoms with Crippen LogP contribution in [0.2, 0.25) is 0 Å². The Morgan fingerprint density at radius 1 is 1.10 bits per heavy atom. The van der Waals surface area contributed by atoms with Gasteiger partial charge in [0.25, 0.3) is 0 Å². The number of fused-ring (bicyclic) bond motifs is 5. The third-order valence-electron chi connectivity index (χ3n) is 4.80. The summed E-state index contributed by atoms with van der Waals surface area (Å²) in [6.45, 7) is 0. The van der Waals surface area contributed by atoms with Gasteiger partial charge < -0.3 is 10.4 Å². The average molecular weight is 285 g/mol. The van der Waals surface area contributed by atoms with Crippen LogP contribution in [0.5, 0.6) is 0 Å². The van der Waals surface area contributed by atoms with E-state index in [4.69, 9.17) is 0 Å². The number of carbonyl (C=O) groups excluding carboxylic acids is 2. The molecule has 1 heterocycles. The second-order valence-corrected chi connectivity index (χ2v) is 5.77. The molecule has 1 saturated heterocycles. The minimum Gasteiger partial charge on any atom is -0.733 e. The van der Waals surface area contributed by atoms with Gasteiger partial charge >= 0.3 is 0 Å². The number of rotatable bonds is 2. The van der Waals surface area contributed by atoms with Gasteiger partial charge in [-0.15, -0.1) is 0 Å². The fraction of sp³-hybridized carbons (Fsp3) is 0.333. The third kappa shape index (κ3) is 1.54. The zero-order valence-electron chi connectivity index (χ0n) is 11.0. The van der Waals surface area contributed by atoms with Crippen molar-refractivity contribution in [2.75, 3.05) is 10.1 Å². The van der Waals surface area contributed by atoms with Crippen molar-refractivity contribution in [2.24, 2.45) is 23.7 Å². The molecule has 6 heteroatoms. The lowest BCUT2D eigenvalue weighted by Gasteiger charge is -2.28. The molecular weight excluding hydrogens is 272 g/mol. The molecule has 1 aliphatic heterocycles. The molecule has 4 rings (SSSR count). The van der Waals surface area contributed by atoms with E-state index in [1.807, 2.05) is 12.2 Å². The Bertz CT molecular complexity index is 639. The molecule has 2 bridgehead atoms. The van der Waals surface area contributed by atoms with Crippen molar-refractivity contribution in [1.29, 1.82) is 0 Å². The largest absolute Gasteiger partial charge is 0.733 e. The van der Waals surface area contributed by atoms with Gasteiger partial charge in [0, 0.05) is 0 Å². The van der Waals surface area contributed by atoms with Crippen LogP contribution in [0.25, 0.3) is 0 Å². The van der Waals surface area contributed by atoms with Gasteiger partial charge in [0.05, 0.1) is 23.2 Å². The predicted molar refractivity (Wildman–Crippen MR) is 74.3 cm³/mol. The average Bonchev–Trinajstić information content (AvgIpc) is 3.13. The molecule has 3 aliphatic rings. The van der Waals surface area contributed by atoms with Crippen LogP contribution in [-0.2, 0) is 9.59 Å². The summed E-state index contributed by atoms with van der Waals surface area (Å²) in [5, 5.41) is 20.1. The van der Waals surface area contributed by atoms with Gasteiger partial charge in [-0.1, -0.05) is 24.3 Å². The summed E-state index contributed by atoms with van der Waals surface area (Å²) < 4.78 is 0. The maximum absolute atomic E-state index is 12.6. The lowest BCUT2D eigenvalue weighted by atomic mass is 9.85. The molecular formula is C15H13N2O4-. The quantitative estimate of drug-likeness (QED) is 0.508. The molecule has 108 valence electrons. The summed E-state index contributed by atoms with van der Waals surface area (Å²) in [5.74, 6) is -0.941. The minimum atomic E-state index is -0.320. The minimum absolute atomic E-state index is 0.0977. The van der Waals surface area contributed by atoms with E-state index in [9.17, 15) is 20.0 Å². The number of carbonyl (C=O) groups is 2. The summed E-state index contributed by atoms with van der Waals surface area (Å²) >= 11 is 0. The Balaban J connectivity index is 1.78. The van der Waals surface area contributed by atoms with E-state index in [0.717, 1.165) is 11.3 Å². The first kappa shape index (κ1) is 12.6. The second kappa shape index (κ2) is 4.16. The molecule has 2 aliphatic carbocycles. The Kier molecular flexibility index (Phi) is 2.49. The molecule has 1 aromatic rings. The number of benzene rings is 1. The van der Waals surface area contributed by atoms with Crippen molar-refractivity contribution in [3.8, 4) is 0 Å². The highest BCUT2D eigenvalue weighted by Crippen LogP contribution is 2.53. The zero-order chi connectivity index (χ0) is 14.7. The fourth-order valence-corrected chi connectivity index (χ4v) is 3.95. The molecule has 2 fully saturated rings. The van der Waals surface area contributed by atoms with Crippen LogP contribution in [0.3, 0.4) is 0 Å². The fourth-order valence-electron chi connectivity index (χ4n) is 3.95. The molecule has 1 aromatic carbocycles. The van der Waals surface area contributed by atoms with Gasteiger partial charge in [-0.05, 0) is 30.4 Å². The number of hydrogen-bond acceptors (Lipinski definition) is 5. The van der Waals surface area contributed by atoms with E-state index in [-0.39, 0.29) is 52.1 Å². The van der Waals surface area contributed by atoms with Gasteiger partial charge in [0.15, 0.2) is 0 Å². The molecule has 0 radical (unpaired) electrons. The van der Waals surface area contributed by atoms with Gasteiger partial charge in [0.2, 0.25) is 11.8 Å². The Labute approximate surface area is 120 Å². The first-order valence-corrected chi connectivity index (χ1v) is 6.91. The van der Waals surface area contributed by atoms with Crippen LogP contribution in [0.4, 0.5) is 11.4 Å². The monoisotopic (exact) mass is 285 g/mol. The van der Waals surface area contributed by atoms with Crippen LogP contribution < -0.4 is 10.1 Å². The number of hydrogen-bond donors (Lipinski definition) is 1. The molecule has 1 N–H and O–H groups in total. The molecule has 1 saturated carbocycles. The van der Waals surface area contributed by atoms with E-state index in [1.165, 1.54) is 12.1 Å². The van der Waals surface area contributed by atoms with Crippen LogP contribution in [-0.4, -0.2) is 17.0 Å². The van der Waals surface area contributed by atoms with Crippen molar-refractivity contribution in [1.82, 2.24) is 0 Å². The van der Waals surface area contributed by atoms with Crippen molar-refractivity contribution < 1.29 is 14.8 Å². The number of nitrogens with zero attached hydrogens (tertiary/aromatic N) is 2. The lowest BCUT2D eigenvalue weighted by molar-refractivity contribution is -0.123. The molecule has 6 nitrogen and oxygen atoms in total. The van der Waals surface area contributed by atoms with E-state index in [1.54, 1.807) is 12.1 Å². The molecule has 0 aromatic heterocycles. The summed E-state index contributed by atoms with van der Waals surface area (Å²) in [4.78, 5) is 26.3. The number of amides is 2. The highest BCUT2D eigenvalue weighted by molar-refractivity contribution is 6.24. The summed E-state index contributed by atoms with van der Waals surface area (Å²) in [6.07, 6.45) is 4.88. The zero-order valence-corrected chi connectivity index (χ0v) is 11.0. The molecule has 0 spiro atoms. The molecule has 2 amide bonds. The third-order valence-corrected chi connectivity index (χ3v) is 4.80. The van der Waals surface area contributed by atoms with E-state index < -0.39 is 0 Å². The molecule has 21 heavy (non-hydrogen) atoms. The number of anilines is 2. The highest BCUT2D eigenvalue weighted by atomic mass is 16.8. The van der Waals surface area contributed by atoms with Gasteiger partial charge in [-0.2, -0.15) is 0 Å². The Hall–Kier alpha value is -2.18. The number of allylic oxidation sites excluding steroid dienone is 2. The van der Waals surface area contributed by atoms with Crippen LogP contribution in [0, 0.1) is 28.9 Å². The van der Waals surface area contributed by atoms with E-state index in [2.05, 4.69) is 0 Å². The van der Waals surface area contributed by atoms with Crippen LogP contribution in [0.15, 0.2) is 36.4 Å². The maximum Gasteiger partial charge on any atom is 0.238 e. The SMILES string of the molecule is O=C1C2C3C=CC(C3)C2C(=O)N1c1ccccc1N([O-])O. The normalized spacial score (nSPS) is 33.0. The summed E-state index contributed by atoms with van der Waals surface area (Å²) in [7, 11) is 0. The Morgan fingerprint density at radius 3 is 2.24 bits per heavy atom. The second-order valence-electron chi connectivity index (χ2n) is 5.77. The molecule has 4 unspecified atom stereocenters. The standard InChI is InChI=1S/C15H13N2O4/c18-14-12-8-5-6-9(7-8)13(12)15(19)16(14)10-3-1-2-4-11(10)17(20)21/h1-6,8-9,12-13,20H,7H2/q-1. The van der Waals surface area contributed by atoms with Gasteiger partial charge in [-0.3, -0.25) is 14.8 Å². The summed E-state index contributed by atoms with van der Waals surface area (Å²) in [5.41, 5.74) is 0.0540. The smallest absolute Gasteiger partial charge is 0.238 e.